The van der Waals surface area contributed by atoms with Crippen molar-refractivity contribution in [2.45, 2.75) is 19.9 Å². The number of hydrogen-bond acceptors (Lipinski definition) is 2. The van der Waals surface area contributed by atoms with Gasteiger partial charge in [-0.15, -0.1) is 0 Å². The molecule has 0 radical (unpaired) electrons. The first kappa shape index (κ1) is 15.9. The lowest BCUT2D eigenvalue weighted by atomic mass is 10.1. The number of hydrogen-bond donors (Lipinski definition) is 2. The molecule has 0 unspecified atom stereocenters. The predicted octanol–water partition coefficient (Wildman–Crippen LogP) is 4.40. The molecule has 0 aromatic heterocycles. The molecule has 0 amide bonds. The summed E-state index contributed by atoms with van der Waals surface area (Å²) >= 11 is 8.07. The zero-order chi connectivity index (χ0) is 15.4. The Morgan fingerprint density at radius 1 is 1.19 bits per heavy atom. The smallest absolute Gasteiger partial charge is 0.161 e. The highest BCUT2D eigenvalue weighted by molar-refractivity contribution is 9.10. The van der Waals surface area contributed by atoms with Crippen LogP contribution in [-0.2, 0) is 13.0 Å². The van der Waals surface area contributed by atoms with E-state index in [1.54, 1.807) is 12.1 Å². The van der Waals surface area contributed by atoms with Crippen LogP contribution in [0.3, 0.4) is 0 Å². The number of anilines is 1. The van der Waals surface area contributed by atoms with E-state index < -0.39 is 0 Å². The third-order valence-electron chi connectivity index (χ3n) is 3.26. The zero-order valence-corrected chi connectivity index (χ0v) is 14.0. The van der Waals surface area contributed by atoms with Crippen molar-refractivity contribution in [1.29, 1.82) is 0 Å². The maximum Gasteiger partial charge on any atom is 0.161 e. The highest BCUT2D eigenvalue weighted by atomic mass is 79.9. The Hall–Kier alpha value is -1.46. The molecule has 21 heavy (non-hydrogen) atoms. The van der Waals surface area contributed by atoms with Crippen LogP contribution in [-0.4, -0.2) is 4.99 Å². The highest BCUT2D eigenvalue weighted by Gasteiger charge is 2.12. The first-order valence-electron chi connectivity index (χ1n) is 6.62. The number of halogens is 2. The molecule has 0 bridgehead atoms. The van der Waals surface area contributed by atoms with Crippen molar-refractivity contribution >= 4 is 38.8 Å². The molecule has 2 aromatic carbocycles. The Bertz CT molecular complexity index is 656. The van der Waals surface area contributed by atoms with Crippen LogP contribution in [0.2, 0.25) is 0 Å². The van der Waals surface area contributed by atoms with Gasteiger partial charge in [-0.25, -0.2) is 4.39 Å². The molecule has 0 saturated carbocycles. The number of aryl methyl sites for hydroxylation is 1. The molecule has 2 rings (SSSR count). The number of thiocarbonyl (C=S) groups is 1. The summed E-state index contributed by atoms with van der Waals surface area (Å²) in [6.07, 6.45) is 1.01. The molecule has 0 fully saturated rings. The summed E-state index contributed by atoms with van der Waals surface area (Å²) in [6.45, 7) is 2.67. The summed E-state index contributed by atoms with van der Waals surface area (Å²) < 4.78 is 14.5. The molecule has 0 spiro atoms. The van der Waals surface area contributed by atoms with Gasteiger partial charge in [-0.3, -0.25) is 0 Å². The third kappa shape index (κ3) is 3.80. The number of rotatable bonds is 5. The van der Waals surface area contributed by atoms with Crippen molar-refractivity contribution in [1.82, 2.24) is 0 Å². The van der Waals surface area contributed by atoms with Gasteiger partial charge in [0.05, 0.1) is 10.2 Å². The van der Waals surface area contributed by atoms with E-state index in [0.717, 1.165) is 12.0 Å². The Labute approximate surface area is 137 Å². The lowest BCUT2D eigenvalue weighted by Crippen LogP contribution is -2.12. The Balaban J connectivity index is 2.12. The Kier molecular flexibility index (Phi) is 5.31. The van der Waals surface area contributed by atoms with Crippen LogP contribution < -0.4 is 11.1 Å². The molecule has 2 nitrogen and oxygen atoms in total. The average Bonchev–Trinajstić information content (AvgIpc) is 2.49. The van der Waals surface area contributed by atoms with Gasteiger partial charge in [0.15, 0.2) is 5.82 Å². The molecule has 0 atom stereocenters. The third-order valence-corrected chi connectivity index (χ3v) is 4.26. The van der Waals surface area contributed by atoms with Crippen LogP contribution in [0.1, 0.15) is 23.6 Å². The minimum atomic E-state index is -0.384. The van der Waals surface area contributed by atoms with Gasteiger partial charge in [-0.05, 0) is 45.6 Å². The minimum absolute atomic E-state index is 0.169. The highest BCUT2D eigenvalue weighted by Crippen LogP contribution is 2.27. The van der Waals surface area contributed by atoms with Gasteiger partial charge < -0.3 is 11.1 Å². The summed E-state index contributed by atoms with van der Waals surface area (Å²) in [6, 6.07) is 11.6. The summed E-state index contributed by atoms with van der Waals surface area (Å²) in [7, 11) is 0. The van der Waals surface area contributed by atoms with Gasteiger partial charge in [0, 0.05) is 12.1 Å². The second-order valence-corrected chi connectivity index (χ2v) is 5.91. The van der Waals surface area contributed by atoms with Gasteiger partial charge in [0.1, 0.15) is 4.99 Å². The lowest BCUT2D eigenvalue weighted by molar-refractivity contribution is 0.623. The Morgan fingerprint density at radius 3 is 2.38 bits per heavy atom. The van der Waals surface area contributed by atoms with Crippen LogP contribution >= 0.6 is 28.1 Å². The SMILES string of the molecule is CCc1ccc(CNc2ccc(C(N)=S)c(Br)c2F)cc1. The van der Waals surface area contributed by atoms with Gasteiger partial charge in [-0.2, -0.15) is 0 Å². The first-order valence-corrected chi connectivity index (χ1v) is 7.82. The maximum atomic E-state index is 14.2. The second kappa shape index (κ2) is 7.00. The molecular formula is C16H16BrFN2S. The molecule has 110 valence electrons. The van der Waals surface area contributed by atoms with E-state index >= 15 is 0 Å². The van der Waals surface area contributed by atoms with Gasteiger partial charge in [-0.1, -0.05) is 43.4 Å². The van der Waals surface area contributed by atoms with Crippen LogP contribution in [0.25, 0.3) is 0 Å². The van der Waals surface area contributed by atoms with Crippen molar-refractivity contribution in [3.05, 3.63) is 63.4 Å². The summed E-state index contributed by atoms with van der Waals surface area (Å²) in [5, 5.41) is 3.08. The van der Waals surface area contributed by atoms with Crippen molar-refractivity contribution in [3.63, 3.8) is 0 Å². The van der Waals surface area contributed by atoms with Crippen molar-refractivity contribution in [3.8, 4) is 0 Å². The Morgan fingerprint density at radius 2 is 1.81 bits per heavy atom. The van der Waals surface area contributed by atoms with Crippen LogP contribution in [0, 0.1) is 5.82 Å². The zero-order valence-electron chi connectivity index (χ0n) is 11.6. The normalized spacial score (nSPS) is 10.4. The predicted molar refractivity (Wildman–Crippen MR) is 93.1 cm³/mol. The maximum absolute atomic E-state index is 14.2. The number of nitrogens with one attached hydrogen (secondary N) is 1. The second-order valence-electron chi connectivity index (χ2n) is 4.68. The largest absolute Gasteiger partial charge is 0.389 e. The lowest BCUT2D eigenvalue weighted by Gasteiger charge is -2.11. The van der Waals surface area contributed by atoms with E-state index in [0.29, 0.717) is 22.3 Å². The first-order chi connectivity index (χ1) is 10.0. The molecule has 0 heterocycles. The molecule has 0 aliphatic carbocycles. The van der Waals surface area contributed by atoms with E-state index in [1.165, 1.54) is 5.56 Å². The minimum Gasteiger partial charge on any atom is -0.389 e. The molecular weight excluding hydrogens is 351 g/mol. The monoisotopic (exact) mass is 366 g/mol. The molecule has 2 aromatic rings. The van der Waals surface area contributed by atoms with Crippen molar-refractivity contribution in [2.75, 3.05) is 5.32 Å². The van der Waals surface area contributed by atoms with Gasteiger partial charge in [0.25, 0.3) is 0 Å². The molecule has 0 aliphatic rings. The van der Waals surface area contributed by atoms with Gasteiger partial charge >= 0.3 is 0 Å². The standard InChI is InChI=1S/C16H16BrFN2S/c1-2-10-3-5-11(6-4-10)9-20-13-8-7-12(16(19)21)14(17)15(13)18/h3-8,20H,2,9H2,1H3,(H2,19,21). The van der Waals surface area contributed by atoms with Crippen LogP contribution in [0.4, 0.5) is 10.1 Å². The molecule has 0 saturated heterocycles. The quantitative estimate of drug-likeness (QED) is 0.770. The molecule has 3 N–H and O–H groups in total. The molecule has 0 aliphatic heterocycles. The number of nitrogens with two attached hydrogens (primary N) is 1. The van der Waals surface area contributed by atoms with E-state index in [1.807, 2.05) is 12.1 Å². The van der Waals surface area contributed by atoms with E-state index in [2.05, 4.69) is 40.3 Å². The van der Waals surface area contributed by atoms with Crippen molar-refractivity contribution < 1.29 is 4.39 Å². The van der Waals surface area contributed by atoms with Crippen LogP contribution in [0.5, 0.6) is 0 Å². The fourth-order valence-electron chi connectivity index (χ4n) is 1.97. The molecule has 5 heteroatoms. The summed E-state index contributed by atoms with van der Waals surface area (Å²) in [5.74, 6) is -0.384. The van der Waals surface area contributed by atoms with E-state index in [-0.39, 0.29) is 10.8 Å². The van der Waals surface area contributed by atoms with E-state index in [9.17, 15) is 4.39 Å². The fraction of sp³-hybridized carbons (Fsp3) is 0.188. The number of benzene rings is 2. The van der Waals surface area contributed by atoms with Crippen molar-refractivity contribution in [2.24, 2.45) is 5.73 Å². The summed E-state index contributed by atoms with van der Waals surface area (Å²) in [4.78, 5) is 0.169. The van der Waals surface area contributed by atoms with Crippen LogP contribution in [0.15, 0.2) is 40.9 Å². The fourth-order valence-corrected chi connectivity index (χ4v) is 2.83. The van der Waals surface area contributed by atoms with Gasteiger partial charge in [0.2, 0.25) is 0 Å². The van der Waals surface area contributed by atoms with E-state index in [4.69, 9.17) is 18.0 Å². The topological polar surface area (TPSA) is 38.0 Å². The summed E-state index contributed by atoms with van der Waals surface area (Å²) in [5.41, 5.74) is 8.84. The average molecular weight is 367 g/mol.